The minimum atomic E-state index is -0.0964. The minimum absolute atomic E-state index is 0.0411. The van der Waals surface area contributed by atoms with Crippen LogP contribution in [-0.4, -0.2) is 55.8 Å². The van der Waals surface area contributed by atoms with Crippen molar-refractivity contribution >= 4 is 12.3 Å². The summed E-state index contributed by atoms with van der Waals surface area (Å²) in [5.74, 6) is 1.14. The fraction of sp³-hybridized carbons (Fsp3) is 0.619. The lowest BCUT2D eigenvalue weighted by atomic mass is 9.71. The van der Waals surface area contributed by atoms with Crippen molar-refractivity contribution in [3.05, 3.63) is 35.4 Å². The van der Waals surface area contributed by atoms with E-state index in [2.05, 4.69) is 36.1 Å². The Balaban J connectivity index is 0.000000431. The van der Waals surface area contributed by atoms with E-state index in [1.54, 1.807) is 14.1 Å². The van der Waals surface area contributed by atoms with Crippen LogP contribution in [0.3, 0.4) is 0 Å². The van der Waals surface area contributed by atoms with Crippen molar-refractivity contribution in [2.24, 2.45) is 23.5 Å². The molecule has 3 fully saturated rings. The lowest BCUT2D eigenvalue weighted by Gasteiger charge is -2.47. The van der Waals surface area contributed by atoms with Crippen LogP contribution in [0.25, 0.3) is 0 Å². The van der Waals surface area contributed by atoms with Crippen molar-refractivity contribution in [3.63, 3.8) is 0 Å². The number of aryl methyl sites for hydroxylation is 2. The van der Waals surface area contributed by atoms with E-state index in [0.717, 1.165) is 25.8 Å². The van der Waals surface area contributed by atoms with Gasteiger partial charge in [0.15, 0.2) is 0 Å². The van der Waals surface area contributed by atoms with E-state index >= 15 is 0 Å². The predicted octanol–water partition coefficient (Wildman–Crippen LogP) is 2.08. The number of amides is 2. The Bertz CT molecular complexity index is 577. The number of carbonyl (C=O) groups excluding carboxylic acids is 2. The highest BCUT2D eigenvalue weighted by Crippen LogP contribution is 2.38. The summed E-state index contributed by atoms with van der Waals surface area (Å²) < 4.78 is 0. The van der Waals surface area contributed by atoms with Gasteiger partial charge in [0, 0.05) is 26.6 Å². The molecular weight excluding hydrogens is 326 g/mol. The van der Waals surface area contributed by atoms with Crippen LogP contribution in [0, 0.1) is 24.7 Å². The molecule has 2 unspecified atom stereocenters. The molecule has 0 spiro atoms. The molecule has 1 aromatic carbocycles. The Morgan fingerprint density at radius 1 is 1.27 bits per heavy atom. The second-order valence-electron chi connectivity index (χ2n) is 7.90. The number of carbonyl (C=O) groups is 2. The maximum absolute atomic E-state index is 12.0. The van der Waals surface area contributed by atoms with Crippen LogP contribution < -0.4 is 5.73 Å². The van der Waals surface area contributed by atoms with Gasteiger partial charge < -0.3 is 15.5 Å². The monoisotopic (exact) mass is 359 g/mol. The molecule has 3 saturated heterocycles. The average molecular weight is 360 g/mol. The van der Waals surface area contributed by atoms with Gasteiger partial charge >= 0.3 is 0 Å². The molecule has 0 saturated carbocycles. The van der Waals surface area contributed by atoms with E-state index < -0.39 is 0 Å². The molecule has 144 valence electrons. The summed E-state index contributed by atoms with van der Waals surface area (Å²) in [7, 11) is 3.38. The van der Waals surface area contributed by atoms with Gasteiger partial charge in [-0.15, -0.1) is 0 Å². The average Bonchev–Trinajstić information content (AvgIpc) is 2.64. The van der Waals surface area contributed by atoms with Crippen molar-refractivity contribution in [2.45, 2.75) is 32.6 Å². The van der Waals surface area contributed by atoms with Gasteiger partial charge in [0.05, 0.1) is 0 Å². The largest absolute Gasteiger partial charge is 0.369 e. The van der Waals surface area contributed by atoms with E-state index in [0.29, 0.717) is 11.8 Å². The molecule has 3 heterocycles. The van der Waals surface area contributed by atoms with Gasteiger partial charge in [-0.3, -0.25) is 9.59 Å². The van der Waals surface area contributed by atoms with Crippen LogP contribution in [0.4, 0.5) is 0 Å². The minimum Gasteiger partial charge on any atom is -0.369 e. The number of benzene rings is 1. The van der Waals surface area contributed by atoms with Crippen LogP contribution in [0.5, 0.6) is 0 Å². The van der Waals surface area contributed by atoms with Crippen molar-refractivity contribution < 1.29 is 9.59 Å². The summed E-state index contributed by atoms with van der Waals surface area (Å²) in [6.07, 6.45) is 5.10. The molecule has 0 radical (unpaired) electrons. The molecule has 5 nitrogen and oxygen atoms in total. The van der Waals surface area contributed by atoms with Crippen LogP contribution in [0.2, 0.25) is 0 Å². The summed E-state index contributed by atoms with van der Waals surface area (Å²) >= 11 is 0. The maximum Gasteiger partial charge on any atom is 0.220 e. The van der Waals surface area contributed by atoms with Crippen LogP contribution in [-0.2, 0) is 16.0 Å². The fourth-order valence-corrected chi connectivity index (χ4v) is 4.11. The fourth-order valence-electron chi connectivity index (χ4n) is 4.11. The van der Waals surface area contributed by atoms with Gasteiger partial charge in [-0.25, -0.2) is 0 Å². The number of fused-ring (bicyclic) bond motifs is 3. The summed E-state index contributed by atoms with van der Waals surface area (Å²) in [6.45, 7) is 5.60. The Morgan fingerprint density at radius 3 is 2.27 bits per heavy atom. The number of hydrogen-bond donors (Lipinski definition) is 1. The van der Waals surface area contributed by atoms with Crippen LogP contribution in [0.15, 0.2) is 24.3 Å². The first kappa shape index (κ1) is 20.4. The van der Waals surface area contributed by atoms with Gasteiger partial charge in [-0.05, 0) is 63.1 Å². The first-order valence-electron chi connectivity index (χ1n) is 9.59. The quantitative estimate of drug-likeness (QED) is 0.791. The predicted molar refractivity (Wildman–Crippen MR) is 105 cm³/mol. The Hall–Kier alpha value is -1.88. The zero-order chi connectivity index (χ0) is 19.1. The standard InChI is InChI=1S/C18H26N2O.C3H7NO/c1-13-2-4-14(5-3-13)6-7-16(18(19)21)17-12-20-10-8-15(17)9-11-20;1-4(2)3-5/h2-5,15-17H,6-12H2,1H3,(H2,19,21);3H,1-2H3. The van der Waals surface area contributed by atoms with Gasteiger partial charge in [0.1, 0.15) is 0 Å². The number of rotatable bonds is 6. The molecule has 5 heteroatoms. The smallest absolute Gasteiger partial charge is 0.220 e. The number of primary amides is 1. The van der Waals surface area contributed by atoms with Crippen LogP contribution in [0.1, 0.15) is 30.4 Å². The van der Waals surface area contributed by atoms with Crippen molar-refractivity contribution in [1.29, 1.82) is 0 Å². The first-order chi connectivity index (χ1) is 12.4. The number of piperidine rings is 3. The molecule has 26 heavy (non-hydrogen) atoms. The summed E-state index contributed by atoms with van der Waals surface area (Å²) in [4.78, 5) is 25.3. The van der Waals surface area contributed by atoms with E-state index in [4.69, 9.17) is 5.73 Å². The third-order valence-corrected chi connectivity index (χ3v) is 5.66. The molecule has 0 aromatic heterocycles. The second-order valence-corrected chi connectivity index (χ2v) is 7.90. The van der Waals surface area contributed by atoms with Gasteiger partial charge in [-0.2, -0.15) is 0 Å². The number of nitrogens with zero attached hydrogens (tertiary/aromatic N) is 2. The van der Waals surface area contributed by atoms with E-state index in [1.165, 1.54) is 42.0 Å². The lowest BCUT2D eigenvalue weighted by molar-refractivity contribution is -0.126. The third-order valence-electron chi connectivity index (χ3n) is 5.66. The third kappa shape index (κ3) is 5.84. The lowest BCUT2D eigenvalue weighted by Crippen LogP contribution is -2.51. The van der Waals surface area contributed by atoms with Crippen LogP contribution >= 0.6 is 0 Å². The maximum atomic E-state index is 12.0. The van der Waals surface area contributed by atoms with Crippen molar-refractivity contribution in [1.82, 2.24) is 9.80 Å². The highest BCUT2D eigenvalue weighted by Gasteiger charge is 2.40. The number of hydrogen-bond acceptors (Lipinski definition) is 3. The Morgan fingerprint density at radius 2 is 1.85 bits per heavy atom. The molecule has 2 bridgehead atoms. The van der Waals surface area contributed by atoms with E-state index in [-0.39, 0.29) is 11.8 Å². The molecule has 3 aliphatic heterocycles. The molecule has 4 rings (SSSR count). The Labute approximate surface area is 157 Å². The zero-order valence-electron chi connectivity index (χ0n) is 16.4. The first-order valence-corrected chi connectivity index (χ1v) is 9.59. The highest BCUT2D eigenvalue weighted by atomic mass is 16.1. The normalized spacial score (nSPS) is 25.0. The molecule has 2 amide bonds. The zero-order valence-corrected chi connectivity index (χ0v) is 16.4. The van der Waals surface area contributed by atoms with Crippen molar-refractivity contribution in [2.75, 3.05) is 33.7 Å². The SMILES string of the molecule is CN(C)C=O.Cc1ccc(CCC(C(N)=O)C2CN3CCC2CC3)cc1. The Kier molecular flexibility index (Phi) is 7.64. The molecule has 3 aliphatic rings. The molecule has 0 aliphatic carbocycles. The topological polar surface area (TPSA) is 66.6 Å². The molecule has 2 atom stereocenters. The summed E-state index contributed by atoms with van der Waals surface area (Å²) in [5, 5.41) is 0. The van der Waals surface area contributed by atoms with Gasteiger partial charge in [0.2, 0.25) is 12.3 Å². The van der Waals surface area contributed by atoms with Gasteiger partial charge in [-0.1, -0.05) is 29.8 Å². The van der Waals surface area contributed by atoms with E-state index in [9.17, 15) is 9.59 Å². The molecule has 2 N–H and O–H groups in total. The summed E-state index contributed by atoms with van der Waals surface area (Å²) in [6, 6.07) is 8.62. The second kappa shape index (κ2) is 9.72. The highest BCUT2D eigenvalue weighted by molar-refractivity contribution is 5.77. The molecule has 1 aromatic rings. The number of nitrogens with two attached hydrogens (primary N) is 1. The summed E-state index contributed by atoms with van der Waals surface area (Å²) in [5.41, 5.74) is 8.32. The van der Waals surface area contributed by atoms with Crippen molar-refractivity contribution in [3.8, 4) is 0 Å². The van der Waals surface area contributed by atoms with E-state index in [1.807, 2.05) is 0 Å². The molecular formula is C21H33N3O2. The van der Waals surface area contributed by atoms with Gasteiger partial charge in [0.25, 0.3) is 0 Å².